The van der Waals surface area contributed by atoms with Gasteiger partial charge in [0.1, 0.15) is 10.9 Å². The van der Waals surface area contributed by atoms with Gasteiger partial charge < -0.3 is 10.6 Å². The van der Waals surface area contributed by atoms with E-state index in [1.165, 1.54) is 35.3 Å². The van der Waals surface area contributed by atoms with E-state index in [1.54, 1.807) is 19.1 Å². The molecule has 1 aromatic carbocycles. The zero-order valence-electron chi connectivity index (χ0n) is 17.4. The minimum absolute atomic E-state index is 0.0667. The molecule has 1 unspecified atom stereocenters. The van der Waals surface area contributed by atoms with Crippen molar-refractivity contribution in [3.63, 3.8) is 0 Å². The second kappa shape index (κ2) is 8.41. The molecule has 0 radical (unpaired) electrons. The van der Waals surface area contributed by atoms with Gasteiger partial charge in [-0.2, -0.15) is 23.5 Å². The van der Waals surface area contributed by atoms with Gasteiger partial charge in [-0.1, -0.05) is 6.07 Å². The normalized spacial score (nSPS) is 15.8. The zero-order valence-corrected chi connectivity index (χ0v) is 18.2. The fraction of sp³-hybridized carbons (Fsp3) is 0.318. The summed E-state index contributed by atoms with van der Waals surface area (Å²) in [7, 11) is 1.47. The van der Waals surface area contributed by atoms with Crippen LogP contribution in [0.1, 0.15) is 49.8 Å². The van der Waals surface area contributed by atoms with E-state index >= 15 is 0 Å². The van der Waals surface area contributed by atoms with Crippen molar-refractivity contribution in [2.45, 2.75) is 32.1 Å². The number of halogens is 3. The van der Waals surface area contributed by atoms with Crippen molar-refractivity contribution < 1.29 is 18.0 Å². The number of carbonyl (C=O) groups excluding carboxylic acids is 1. The van der Waals surface area contributed by atoms with Crippen molar-refractivity contribution in [3.8, 4) is 17.2 Å². The smallest absolute Gasteiger partial charge is 0.355 e. The molecule has 0 aliphatic carbocycles. The van der Waals surface area contributed by atoms with Crippen LogP contribution in [-0.2, 0) is 19.3 Å². The Labute approximate surface area is 186 Å². The van der Waals surface area contributed by atoms with Gasteiger partial charge in [-0.25, -0.2) is 0 Å². The molecule has 10 heteroatoms. The molecule has 3 heterocycles. The number of hydrogen-bond donors (Lipinski definition) is 2. The van der Waals surface area contributed by atoms with E-state index in [2.05, 4.69) is 21.8 Å². The number of aryl methyl sites for hydroxylation is 1. The highest BCUT2D eigenvalue weighted by atomic mass is 32.1. The first kappa shape index (κ1) is 22.0. The third-order valence-electron chi connectivity index (χ3n) is 5.52. The van der Waals surface area contributed by atoms with Gasteiger partial charge in [0.2, 0.25) is 0 Å². The molecule has 0 spiro atoms. The maximum atomic E-state index is 13.9. The lowest BCUT2D eigenvalue weighted by Gasteiger charge is -2.26. The van der Waals surface area contributed by atoms with Crippen LogP contribution in [0.5, 0.6) is 0 Å². The maximum absolute atomic E-state index is 13.9. The van der Waals surface area contributed by atoms with E-state index in [-0.39, 0.29) is 29.5 Å². The first-order chi connectivity index (χ1) is 15.3. The summed E-state index contributed by atoms with van der Waals surface area (Å²) in [5, 5.41) is 18.9. The molecule has 1 amide bonds. The van der Waals surface area contributed by atoms with Crippen LogP contribution in [0.25, 0.3) is 11.1 Å². The lowest BCUT2D eigenvalue weighted by molar-refractivity contribution is -0.141. The van der Waals surface area contributed by atoms with Gasteiger partial charge >= 0.3 is 6.18 Å². The van der Waals surface area contributed by atoms with Gasteiger partial charge in [0.05, 0.1) is 0 Å². The fourth-order valence-corrected chi connectivity index (χ4v) is 5.01. The second-order valence-corrected chi connectivity index (χ2v) is 8.55. The number of amides is 1. The lowest BCUT2D eigenvalue weighted by Crippen LogP contribution is -2.28. The monoisotopic (exact) mass is 459 g/mol. The summed E-state index contributed by atoms with van der Waals surface area (Å²) in [5.41, 5.74) is 1.09. The molecule has 0 fully saturated rings. The quantitative estimate of drug-likeness (QED) is 0.615. The number of nitrogens with zero attached hydrogens (tertiary/aromatic N) is 3. The van der Waals surface area contributed by atoms with Crippen molar-refractivity contribution in [3.05, 3.63) is 62.6 Å². The lowest BCUT2D eigenvalue weighted by atomic mass is 9.83. The summed E-state index contributed by atoms with van der Waals surface area (Å²) >= 11 is 1.38. The Bertz CT molecular complexity index is 1220. The van der Waals surface area contributed by atoms with Crippen molar-refractivity contribution in [1.29, 1.82) is 5.26 Å². The Morgan fingerprint density at radius 2 is 2.12 bits per heavy atom. The third kappa shape index (κ3) is 3.89. The highest BCUT2D eigenvalue weighted by Crippen LogP contribution is 2.43. The van der Waals surface area contributed by atoms with Crippen LogP contribution in [0.2, 0.25) is 0 Å². The number of aromatic nitrogens is 2. The third-order valence-corrected chi connectivity index (χ3v) is 6.58. The Morgan fingerprint density at radius 1 is 1.34 bits per heavy atom. The summed E-state index contributed by atoms with van der Waals surface area (Å²) in [6.07, 6.45) is -3.27. The number of alkyl halides is 3. The molecule has 3 aromatic rings. The van der Waals surface area contributed by atoms with Crippen LogP contribution in [0.3, 0.4) is 0 Å². The molecule has 2 aromatic heterocycles. The van der Waals surface area contributed by atoms with Gasteiger partial charge in [-0.15, -0.1) is 11.3 Å². The largest absolute Gasteiger partial charge is 0.435 e. The van der Waals surface area contributed by atoms with E-state index < -0.39 is 11.9 Å². The molecule has 0 saturated carbocycles. The molecule has 1 aliphatic rings. The summed E-state index contributed by atoms with van der Waals surface area (Å²) in [6.45, 7) is 3.10. The van der Waals surface area contributed by atoms with Gasteiger partial charge in [0.25, 0.3) is 5.91 Å². The average molecular weight is 459 g/mol. The SMILES string of the molecule is CCn1cc(-c2cc(C(=O)NC)ccc2C2CNCc3sc(C#N)cc32)c(C(F)(F)F)n1. The van der Waals surface area contributed by atoms with E-state index in [0.717, 1.165) is 10.4 Å². The molecule has 1 atom stereocenters. The maximum Gasteiger partial charge on any atom is 0.435 e. The van der Waals surface area contributed by atoms with Crippen LogP contribution in [-0.4, -0.2) is 29.3 Å². The summed E-state index contributed by atoms with van der Waals surface area (Å²) in [4.78, 5) is 13.8. The highest BCUT2D eigenvalue weighted by molar-refractivity contribution is 7.12. The second-order valence-electron chi connectivity index (χ2n) is 7.41. The molecule has 32 heavy (non-hydrogen) atoms. The number of fused-ring (bicyclic) bond motifs is 1. The first-order valence-corrected chi connectivity index (χ1v) is 10.8. The number of thiophene rings is 1. The average Bonchev–Trinajstić information content (AvgIpc) is 3.42. The van der Waals surface area contributed by atoms with Crippen molar-refractivity contribution in [2.75, 3.05) is 13.6 Å². The molecular weight excluding hydrogens is 439 g/mol. The first-order valence-electron chi connectivity index (χ1n) is 10.0. The summed E-state index contributed by atoms with van der Waals surface area (Å²) < 4.78 is 42.9. The topological polar surface area (TPSA) is 82.7 Å². The van der Waals surface area contributed by atoms with Crippen LogP contribution >= 0.6 is 11.3 Å². The summed E-state index contributed by atoms with van der Waals surface area (Å²) in [6, 6.07) is 8.76. The predicted molar refractivity (Wildman–Crippen MR) is 114 cm³/mol. The van der Waals surface area contributed by atoms with Gasteiger partial charge in [-0.05, 0) is 41.8 Å². The highest BCUT2D eigenvalue weighted by Gasteiger charge is 2.39. The molecule has 2 N–H and O–H groups in total. The Balaban J connectivity index is 1.96. The Morgan fingerprint density at radius 3 is 2.78 bits per heavy atom. The zero-order chi connectivity index (χ0) is 23.0. The predicted octanol–water partition coefficient (Wildman–Crippen LogP) is 4.12. The number of carbonyl (C=O) groups is 1. The fourth-order valence-electron chi connectivity index (χ4n) is 4.02. The Kier molecular flexibility index (Phi) is 5.79. The minimum atomic E-state index is -4.65. The number of hydrogen-bond acceptors (Lipinski definition) is 5. The molecule has 0 bridgehead atoms. The van der Waals surface area contributed by atoms with E-state index in [0.29, 0.717) is 29.1 Å². The molecule has 1 aliphatic heterocycles. The van der Waals surface area contributed by atoms with Crippen LogP contribution in [0.15, 0.2) is 30.5 Å². The number of rotatable bonds is 4. The number of nitriles is 1. The molecule has 6 nitrogen and oxygen atoms in total. The van der Waals surface area contributed by atoms with E-state index in [1.807, 2.05) is 6.07 Å². The minimum Gasteiger partial charge on any atom is -0.355 e. The molecule has 4 rings (SSSR count). The van der Waals surface area contributed by atoms with Crippen LogP contribution < -0.4 is 10.6 Å². The van der Waals surface area contributed by atoms with Crippen molar-refractivity contribution in [2.24, 2.45) is 0 Å². The summed E-state index contributed by atoms with van der Waals surface area (Å²) in [5.74, 6) is -0.657. The van der Waals surface area contributed by atoms with Gasteiger partial charge in [0.15, 0.2) is 5.69 Å². The van der Waals surface area contributed by atoms with Crippen molar-refractivity contribution >= 4 is 17.2 Å². The van der Waals surface area contributed by atoms with Crippen LogP contribution in [0.4, 0.5) is 13.2 Å². The number of benzene rings is 1. The standard InChI is InChI=1S/C22H20F3N5OS/c1-3-30-11-18(20(29-30)22(23,24)25)15-6-12(21(31)27-2)4-5-14(15)17-9-28-10-19-16(17)7-13(8-26)32-19/h4-7,11,17,28H,3,9-10H2,1-2H3,(H,27,31). The van der Waals surface area contributed by atoms with Gasteiger partial charge in [0, 0.05) is 54.8 Å². The van der Waals surface area contributed by atoms with E-state index in [4.69, 9.17) is 0 Å². The molecule has 0 saturated heterocycles. The van der Waals surface area contributed by atoms with E-state index in [9.17, 15) is 23.2 Å². The molecular formula is C22H20F3N5OS. The van der Waals surface area contributed by atoms with Crippen LogP contribution in [0, 0.1) is 11.3 Å². The molecule has 166 valence electrons. The van der Waals surface area contributed by atoms with Crippen molar-refractivity contribution in [1.82, 2.24) is 20.4 Å². The van der Waals surface area contributed by atoms with Gasteiger partial charge in [-0.3, -0.25) is 9.48 Å². The number of nitrogens with one attached hydrogen (secondary N) is 2. The Hall–Kier alpha value is -3.16.